The Bertz CT molecular complexity index is 499. The summed E-state index contributed by atoms with van der Waals surface area (Å²) < 4.78 is 26.8. The van der Waals surface area contributed by atoms with Crippen molar-refractivity contribution in [3.8, 4) is 0 Å². The molecule has 1 aromatic rings. The van der Waals surface area contributed by atoms with Gasteiger partial charge >= 0.3 is 0 Å². The topological polar surface area (TPSA) is 0 Å². The monoisotopic (exact) mass is 276 g/mol. The predicted octanol–water partition coefficient (Wildman–Crippen LogP) is 6.31. The van der Waals surface area contributed by atoms with Gasteiger partial charge in [-0.15, -0.1) is 0 Å². The number of benzene rings is 1. The second-order valence-electron chi connectivity index (χ2n) is 5.51. The molecule has 0 nitrogen and oxygen atoms in total. The molecule has 0 bridgehead atoms. The normalized spacial score (nSPS) is 18.9. The fourth-order valence-electron chi connectivity index (χ4n) is 2.98. The molecule has 20 heavy (non-hydrogen) atoms. The highest BCUT2D eigenvalue weighted by Crippen LogP contribution is 2.34. The van der Waals surface area contributed by atoms with E-state index in [1.807, 2.05) is 12.1 Å². The van der Waals surface area contributed by atoms with E-state index in [1.165, 1.54) is 37.7 Å². The average molecular weight is 276 g/mol. The van der Waals surface area contributed by atoms with Gasteiger partial charge < -0.3 is 0 Å². The maximum absolute atomic E-state index is 13.8. The predicted molar refractivity (Wildman–Crippen MR) is 80.8 cm³/mol. The summed E-state index contributed by atoms with van der Waals surface area (Å²) in [6, 6.07) is 7.94. The Labute approximate surface area is 120 Å². The highest BCUT2D eigenvalue weighted by atomic mass is 19.2. The molecule has 1 saturated carbocycles. The summed E-state index contributed by atoms with van der Waals surface area (Å²) in [5.41, 5.74) is 2.40. The zero-order valence-corrected chi connectivity index (χ0v) is 12.3. The molecule has 0 aromatic heterocycles. The molecule has 1 aliphatic rings. The van der Waals surface area contributed by atoms with Crippen molar-refractivity contribution in [3.63, 3.8) is 0 Å². The van der Waals surface area contributed by atoms with Gasteiger partial charge in [0.05, 0.1) is 0 Å². The van der Waals surface area contributed by atoms with E-state index in [2.05, 4.69) is 12.1 Å². The Balaban J connectivity index is 2.21. The van der Waals surface area contributed by atoms with Gasteiger partial charge in [-0.1, -0.05) is 49.6 Å². The summed E-state index contributed by atoms with van der Waals surface area (Å²) in [6.07, 6.45) is 8.04. The lowest BCUT2D eigenvalue weighted by molar-refractivity contribution is 0.443. The Hall–Kier alpha value is -1.44. The number of hydrogen-bond donors (Lipinski definition) is 0. The molecule has 108 valence electrons. The third-order valence-electron chi connectivity index (χ3n) is 4.13. The molecule has 0 amide bonds. The van der Waals surface area contributed by atoms with Crippen molar-refractivity contribution in [3.05, 3.63) is 53.1 Å². The van der Waals surface area contributed by atoms with E-state index in [4.69, 9.17) is 0 Å². The van der Waals surface area contributed by atoms with E-state index in [9.17, 15) is 8.78 Å². The zero-order chi connectivity index (χ0) is 14.5. The molecular formula is C18H22F2. The second kappa shape index (κ2) is 6.83. The first-order chi connectivity index (χ1) is 9.63. The summed E-state index contributed by atoms with van der Waals surface area (Å²) in [6.45, 7) is 2.88. The molecule has 0 N–H and O–H groups in total. The van der Waals surface area contributed by atoms with Gasteiger partial charge in [0.15, 0.2) is 5.83 Å². The van der Waals surface area contributed by atoms with Crippen LogP contribution < -0.4 is 0 Å². The van der Waals surface area contributed by atoms with E-state index in [1.54, 1.807) is 13.0 Å². The van der Waals surface area contributed by atoms with E-state index >= 15 is 0 Å². The summed E-state index contributed by atoms with van der Waals surface area (Å²) in [4.78, 5) is 0. The minimum atomic E-state index is -0.769. The Morgan fingerprint density at radius 3 is 2.15 bits per heavy atom. The summed E-state index contributed by atoms with van der Waals surface area (Å²) in [5.74, 6) is -0.900. The second-order valence-corrected chi connectivity index (χ2v) is 5.51. The molecule has 1 aromatic carbocycles. The van der Waals surface area contributed by atoms with Gasteiger partial charge in [-0.05, 0) is 43.7 Å². The van der Waals surface area contributed by atoms with Gasteiger partial charge in [-0.25, -0.2) is 8.78 Å². The Morgan fingerprint density at radius 1 is 1.05 bits per heavy atom. The number of hydrogen-bond acceptors (Lipinski definition) is 0. The number of halogens is 2. The van der Waals surface area contributed by atoms with Crippen molar-refractivity contribution in [2.24, 2.45) is 0 Å². The standard InChI is InChI=1S/C18H22F2/c1-3-17(18(20)13(2)19)16-11-9-15(10-12-16)14-7-5-4-6-8-14/h3,9-12,14H,4-8H2,1-2H3/b17-3-,18-13-. The highest BCUT2D eigenvalue weighted by Gasteiger charge is 2.16. The first-order valence-electron chi connectivity index (χ1n) is 7.42. The highest BCUT2D eigenvalue weighted by molar-refractivity contribution is 5.77. The number of rotatable bonds is 3. The SMILES string of the molecule is C/C=C(\C(F)=C(/C)F)c1ccc(C2CCCCC2)cc1. The Morgan fingerprint density at radius 2 is 1.65 bits per heavy atom. The van der Waals surface area contributed by atoms with Crippen LogP contribution in [0, 0.1) is 0 Å². The molecule has 0 atom stereocenters. The smallest absolute Gasteiger partial charge is 0.161 e. The zero-order valence-electron chi connectivity index (χ0n) is 12.3. The van der Waals surface area contributed by atoms with E-state index < -0.39 is 11.7 Å². The van der Waals surface area contributed by atoms with Gasteiger partial charge in [0.25, 0.3) is 0 Å². The molecule has 1 fully saturated rings. The fraction of sp³-hybridized carbons (Fsp3) is 0.444. The van der Waals surface area contributed by atoms with Crippen LogP contribution in [0.15, 0.2) is 42.0 Å². The Kier molecular flexibility index (Phi) is 5.11. The molecule has 0 saturated heterocycles. The molecule has 2 rings (SSSR count). The summed E-state index contributed by atoms with van der Waals surface area (Å²) >= 11 is 0. The van der Waals surface area contributed by atoms with Gasteiger partial charge in [0.1, 0.15) is 5.83 Å². The van der Waals surface area contributed by atoms with Crippen LogP contribution in [0.1, 0.15) is 63.0 Å². The van der Waals surface area contributed by atoms with Crippen LogP contribution in [0.2, 0.25) is 0 Å². The molecule has 0 radical (unpaired) electrons. The van der Waals surface area contributed by atoms with Gasteiger partial charge in [-0.2, -0.15) is 0 Å². The first-order valence-corrected chi connectivity index (χ1v) is 7.42. The molecule has 2 heteroatoms. The maximum Gasteiger partial charge on any atom is 0.161 e. The summed E-state index contributed by atoms with van der Waals surface area (Å²) in [7, 11) is 0. The molecule has 0 heterocycles. The fourth-order valence-corrected chi connectivity index (χ4v) is 2.98. The van der Waals surface area contributed by atoms with Crippen LogP contribution in [0.25, 0.3) is 5.57 Å². The minimum absolute atomic E-state index is 0.334. The van der Waals surface area contributed by atoms with E-state index in [0.29, 0.717) is 11.5 Å². The molecular weight excluding hydrogens is 254 g/mol. The lowest BCUT2D eigenvalue weighted by Gasteiger charge is -2.22. The summed E-state index contributed by atoms with van der Waals surface area (Å²) in [5, 5.41) is 0. The lowest BCUT2D eigenvalue weighted by atomic mass is 9.83. The molecule has 0 unspecified atom stereocenters. The molecule has 0 aliphatic heterocycles. The van der Waals surface area contributed by atoms with Crippen LogP contribution in [-0.2, 0) is 0 Å². The average Bonchev–Trinajstić information content (AvgIpc) is 2.49. The lowest BCUT2D eigenvalue weighted by Crippen LogP contribution is -2.04. The van der Waals surface area contributed by atoms with E-state index in [-0.39, 0.29) is 0 Å². The van der Waals surface area contributed by atoms with Crippen molar-refractivity contribution < 1.29 is 8.78 Å². The quantitative estimate of drug-likeness (QED) is 0.567. The number of allylic oxidation sites excluding steroid dienone is 4. The van der Waals surface area contributed by atoms with Crippen molar-refractivity contribution in [1.29, 1.82) is 0 Å². The molecule has 1 aliphatic carbocycles. The van der Waals surface area contributed by atoms with Crippen LogP contribution in [0.5, 0.6) is 0 Å². The third kappa shape index (κ3) is 3.36. The van der Waals surface area contributed by atoms with Crippen molar-refractivity contribution in [2.75, 3.05) is 0 Å². The van der Waals surface area contributed by atoms with Gasteiger partial charge in [0, 0.05) is 5.57 Å². The van der Waals surface area contributed by atoms with Crippen LogP contribution in [0.4, 0.5) is 8.78 Å². The minimum Gasteiger partial charge on any atom is -0.209 e. The van der Waals surface area contributed by atoms with Crippen molar-refractivity contribution in [1.82, 2.24) is 0 Å². The van der Waals surface area contributed by atoms with Gasteiger partial charge in [0.2, 0.25) is 0 Å². The maximum atomic E-state index is 13.8. The van der Waals surface area contributed by atoms with Crippen LogP contribution in [-0.4, -0.2) is 0 Å². The van der Waals surface area contributed by atoms with Crippen molar-refractivity contribution in [2.45, 2.75) is 51.9 Å². The van der Waals surface area contributed by atoms with Gasteiger partial charge in [-0.3, -0.25) is 0 Å². The van der Waals surface area contributed by atoms with Crippen molar-refractivity contribution >= 4 is 5.57 Å². The van der Waals surface area contributed by atoms with Crippen LogP contribution >= 0.6 is 0 Å². The van der Waals surface area contributed by atoms with E-state index in [0.717, 1.165) is 12.5 Å². The van der Waals surface area contributed by atoms with Crippen LogP contribution in [0.3, 0.4) is 0 Å². The molecule has 0 spiro atoms. The first kappa shape index (κ1) is 15.0. The largest absolute Gasteiger partial charge is 0.209 e. The third-order valence-corrected chi connectivity index (χ3v) is 4.13.